The van der Waals surface area contributed by atoms with Gasteiger partial charge in [-0.15, -0.1) is 0 Å². The van der Waals surface area contributed by atoms with Crippen LogP contribution in [0.25, 0.3) is 0 Å². The molecule has 0 saturated carbocycles. The van der Waals surface area contributed by atoms with Gasteiger partial charge < -0.3 is 20.5 Å². The van der Waals surface area contributed by atoms with Gasteiger partial charge in [0, 0.05) is 32.8 Å². The molecule has 0 bridgehead atoms. The Labute approximate surface area is 159 Å². The maximum absolute atomic E-state index is 9.17. The van der Waals surface area contributed by atoms with Gasteiger partial charge >= 0.3 is 0 Å². The first-order valence-corrected chi connectivity index (χ1v) is 10.0. The molecule has 0 spiro atoms. The number of nitrogens with zero attached hydrogens (tertiary/aromatic N) is 1. The van der Waals surface area contributed by atoms with Crippen molar-refractivity contribution in [3.8, 4) is 0 Å². The Morgan fingerprint density at radius 3 is 2.58 bits per heavy atom. The molecule has 26 heavy (non-hydrogen) atoms. The van der Waals surface area contributed by atoms with Crippen LogP contribution in [0, 0.1) is 5.92 Å². The summed E-state index contributed by atoms with van der Waals surface area (Å²) in [6.07, 6.45) is 4.10. The first kappa shape index (κ1) is 22.5. The van der Waals surface area contributed by atoms with E-state index in [1.807, 2.05) is 18.2 Å². The van der Waals surface area contributed by atoms with Gasteiger partial charge in [0.25, 0.3) is 0 Å². The third kappa shape index (κ3) is 9.78. The fourth-order valence-corrected chi connectivity index (χ4v) is 2.84. The molecule has 148 valence electrons. The highest BCUT2D eigenvalue weighted by Crippen LogP contribution is 2.15. The highest BCUT2D eigenvalue weighted by atomic mass is 16.5. The van der Waals surface area contributed by atoms with E-state index in [9.17, 15) is 0 Å². The molecular formula is C21H37N3O2. The second-order valence-electron chi connectivity index (χ2n) is 6.59. The number of aliphatic hydroxyl groups is 1. The molecule has 2 unspecified atom stereocenters. The van der Waals surface area contributed by atoms with Crippen molar-refractivity contribution < 1.29 is 9.84 Å². The average Bonchev–Trinajstić information content (AvgIpc) is 2.66. The maximum Gasteiger partial charge on any atom is 0.191 e. The molecule has 0 aliphatic carbocycles. The summed E-state index contributed by atoms with van der Waals surface area (Å²) in [6, 6.07) is 10.3. The minimum absolute atomic E-state index is 0.117. The van der Waals surface area contributed by atoms with Crippen molar-refractivity contribution in [1.29, 1.82) is 0 Å². The van der Waals surface area contributed by atoms with E-state index in [4.69, 9.17) is 9.84 Å². The summed E-state index contributed by atoms with van der Waals surface area (Å²) in [7, 11) is 0. The van der Waals surface area contributed by atoms with E-state index in [0.29, 0.717) is 12.5 Å². The van der Waals surface area contributed by atoms with Gasteiger partial charge in [0.2, 0.25) is 0 Å². The van der Waals surface area contributed by atoms with Crippen molar-refractivity contribution >= 4 is 5.96 Å². The molecule has 0 aromatic heterocycles. The van der Waals surface area contributed by atoms with Crippen LogP contribution in [0.1, 0.15) is 58.1 Å². The van der Waals surface area contributed by atoms with Crippen LogP contribution in [0.3, 0.4) is 0 Å². The lowest BCUT2D eigenvalue weighted by molar-refractivity contribution is 0.0646. The standard InChI is InChI=1S/C21H37N3O2/c1-4-10-19(13-15-25)17-24-21(22-5-2)23-14-9-16-26-18(3)20-11-7-6-8-12-20/h6-8,11-12,18-19,25H,4-5,9-10,13-17H2,1-3H3,(H2,22,23,24). The van der Waals surface area contributed by atoms with Crippen LogP contribution >= 0.6 is 0 Å². The smallest absolute Gasteiger partial charge is 0.191 e. The predicted octanol–water partition coefficient (Wildman–Crippen LogP) is 3.51. The minimum Gasteiger partial charge on any atom is -0.396 e. The van der Waals surface area contributed by atoms with Gasteiger partial charge in [0.15, 0.2) is 5.96 Å². The van der Waals surface area contributed by atoms with Crippen LogP contribution < -0.4 is 10.6 Å². The van der Waals surface area contributed by atoms with Gasteiger partial charge in [-0.1, -0.05) is 43.7 Å². The molecule has 5 nitrogen and oxygen atoms in total. The van der Waals surface area contributed by atoms with Crippen molar-refractivity contribution in [3.05, 3.63) is 35.9 Å². The van der Waals surface area contributed by atoms with Crippen LogP contribution in [0.4, 0.5) is 0 Å². The van der Waals surface area contributed by atoms with E-state index in [2.05, 4.69) is 48.5 Å². The number of guanidine groups is 1. The Morgan fingerprint density at radius 1 is 1.15 bits per heavy atom. The van der Waals surface area contributed by atoms with Crippen molar-refractivity contribution in [2.45, 2.75) is 52.6 Å². The molecule has 1 aromatic carbocycles. The molecule has 1 aromatic rings. The minimum atomic E-state index is 0.117. The first-order chi connectivity index (χ1) is 12.7. The molecule has 0 aliphatic rings. The first-order valence-electron chi connectivity index (χ1n) is 10.0. The number of benzene rings is 1. The van der Waals surface area contributed by atoms with Gasteiger partial charge in [0.05, 0.1) is 6.10 Å². The van der Waals surface area contributed by atoms with Gasteiger partial charge in [-0.2, -0.15) is 0 Å². The van der Waals surface area contributed by atoms with Crippen molar-refractivity contribution in [2.75, 3.05) is 32.8 Å². The molecule has 1 rings (SSSR count). The van der Waals surface area contributed by atoms with Crippen LogP contribution in [-0.4, -0.2) is 43.9 Å². The summed E-state index contributed by atoms with van der Waals surface area (Å²) in [6.45, 7) is 9.70. The molecule has 0 fully saturated rings. The van der Waals surface area contributed by atoms with E-state index in [-0.39, 0.29) is 12.7 Å². The number of nitrogens with one attached hydrogen (secondary N) is 2. The topological polar surface area (TPSA) is 65.9 Å². The molecule has 0 amide bonds. The number of rotatable bonds is 13. The summed E-state index contributed by atoms with van der Waals surface area (Å²) >= 11 is 0. The monoisotopic (exact) mass is 363 g/mol. The maximum atomic E-state index is 9.17. The Kier molecular flexibility index (Phi) is 12.6. The number of aliphatic hydroxyl groups excluding tert-OH is 1. The number of ether oxygens (including phenoxy) is 1. The number of hydrogen-bond acceptors (Lipinski definition) is 3. The van der Waals surface area contributed by atoms with Crippen molar-refractivity contribution in [2.24, 2.45) is 10.9 Å². The molecule has 3 N–H and O–H groups in total. The highest BCUT2D eigenvalue weighted by Gasteiger charge is 2.07. The Bertz CT molecular complexity index is 473. The largest absolute Gasteiger partial charge is 0.396 e. The lowest BCUT2D eigenvalue weighted by atomic mass is 10.0. The second-order valence-corrected chi connectivity index (χ2v) is 6.59. The summed E-state index contributed by atoms with van der Waals surface area (Å²) in [5.41, 5.74) is 1.21. The Balaban J connectivity index is 2.30. The van der Waals surface area contributed by atoms with E-state index in [1.54, 1.807) is 0 Å². The predicted molar refractivity (Wildman–Crippen MR) is 110 cm³/mol. The fraction of sp³-hybridized carbons (Fsp3) is 0.667. The molecule has 0 heterocycles. The number of hydrogen-bond donors (Lipinski definition) is 3. The van der Waals surface area contributed by atoms with Gasteiger partial charge in [-0.25, -0.2) is 0 Å². The van der Waals surface area contributed by atoms with E-state index in [0.717, 1.165) is 51.3 Å². The Hall–Kier alpha value is -1.59. The lowest BCUT2D eigenvalue weighted by Crippen LogP contribution is -2.38. The normalized spacial score (nSPS) is 14.1. The quantitative estimate of drug-likeness (QED) is 0.285. The van der Waals surface area contributed by atoms with Gasteiger partial charge in [0.1, 0.15) is 0 Å². The van der Waals surface area contributed by atoms with Crippen LogP contribution in [0.2, 0.25) is 0 Å². The van der Waals surface area contributed by atoms with Crippen LogP contribution in [0.5, 0.6) is 0 Å². The Morgan fingerprint density at radius 2 is 1.92 bits per heavy atom. The molecule has 2 atom stereocenters. The van der Waals surface area contributed by atoms with Crippen molar-refractivity contribution in [3.63, 3.8) is 0 Å². The molecular weight excluding hydrogens is 326 g/mol. The zero-order valence-electron chi connectivity index (χ0n) is 16.7. The zero-order valence-corrected chi connectivity index (χ0v) is 16.7. The number of aliphatic imine (C=N–C) groups is 1. The van der Waals surface area contributed by atoms with E-state index >= 15 is 0 Å². The molecule has 0 aliphatic heterocycles. The lowest BCUT2D eigenvalue weighted by Gasteiger charge is -2.16. The van der Waals surface area contributed by atoms with Crippen LogP contribution in [0.15, 0.2) is 35.3 Å². The highest BCUT2D eigenvalue weighted by molar-refractivity contribution is 5.79. The summed E-state index contributed by atoms with van der Waals surface area (Å²) in [4.78, 5) is 4.67. The second kappa shape index (κ2) is 14.6. The molecule has 5 heteroatoms. The third-order valence-electron chi connectivity index (χ3n) is 4.34. The summed E-state index contributed by atoms with van der Waals surface area (Å²) in [5.74, 6) is 1.30. The molecule has 0 radical (unpaired) electrons. The van der Waals surface area contributed by atoms with Gasteiger partial charge in [-0.05, 0) is 44.6 Å². The fourth-order valence-electron chi connectivity index (χ4n) is 2.84. The third-order valence-corrected chi connectivity index (χ3v) is 4.34. The molecule has 0 saturated heterocycles. The summed E-state index contributed by atoms with van der Waals surface area (Å²) in [5, 5.41) is 15.8. The van der Waals surface area contributed by atoms with E-state index < -0.39 is 0 Å². The summed E-state index contributed by atoms with van der Waals surface area (Å²) < 4.78 is 5.90. The van der Waals surface area contributed by atoms with Crippen LogP contribution in [-0.2, 0) is 4.74 Å². The van der Waals surface area contributed by atoms with Gasteiger partial charge in [-0.3, -0.25) is 4.99 Å². The SMILES string of the molecule is CCCC(CCO)CN=C(NCC)NCCCOC(C)c1ccccc1. The average molecular weight is 364 g/mol. The zero-order chi connectivity index (χ0) is 19.0. The van der Waals surface area contributed by atoms with E-state index in [1.165, 1.54) is 5.56 Å². The van der Waals surface area contributed by atoms with Crippen molar-refractivity contribution in [1.82, 2.24) is 10.6 Å².